The number of hydrogen-bond donors (Lipinski definition) is 1. The number of rotatable bonds is 6. The molecule has 0 radical (unpaired) electrons. The molecule has 2 heterocycles. The van der Waals surface area contributed by atoms with Gasteiger partial charge in [0.1, 0.15) is 23.9 Å². The maximum absolute atomic E-state index is 13.2. The summed E-state index contributed by atoms with van der Waals surface area (Å²) in [6.45, 7) is 3.57. The van der Waals surface area contributed by atoms with Crippen LogP contribution in [0.25, 0.3) is 0 Å². The van der Waals surface area contributed by atoms with E-state index in [0.29, 0.717) is 54.9 Å². The number of ether oxygens (including phenoxy) is 3. The number of amides is 1. The van der Waals surface area contributed by atoms with E-state index < -0.39 is 10.0 Å². The van der Waals surface area contributed by atoms with Crippen molar-refractivity contribution in [1.29, 1.82) is 0 Å². The molecule has 0 aromatic heterocycles. The van der Waals surface area contributed by atoms with Gasteiger partial charge in [0.05, 0.1) is 6.61 Å². The Morgan fingerprint density at radius 1 is 1.12 bits per heavy atom. The Hall–Kier alpha value is -2.49. The third-order valence-electron chi connectivity index (χ3n) is 5.46. The van der Waals surface area contributed by atoms with E-state index in [4.69, 9.17) is 25.8 Å². The maximum Gasteiger partial charge on any atom is 0.246 e. The zero-order valence-electron chi connectivity index (χ0n) is 17.7. The Morgan fingerprint density at radius 3 is 2.56 bits per heavy atom. The predicted molar refractivity (Wildman–Crippen MR) is 120 cm³/mol. The number of halogens is 1. The third kappa shape index (κ3) is 4.79. The first-order chi connectivity index (χ1) is 15.4. The van der Waals surface area contributed by atoms with Gasteiger partial charge in [-0.05, 0) is 50.1 Å². The van der Waals surface area contributed by atoms with Crippen LogP contribution in [0.2, 0.25) is 5.02 Å². The molecule has 1 saturated heterocycles. The van der Waals surface area contributed by atoms with Crippen molar-refractivity contribution < 1.29 is 27.4 Å². The number of carbonyl (C=O) groups is 1. The summed E-state index contributed by atoms with van der Waals surface area (Å²) in [6.07, 6.45) is 0.834. The molecule has 0 saturated carbocycles. The van der Waals surface area contributed by atoms with Crippen LogP contribution in [-0.4, -0.2) is 51.5 Å². The Labute approximate surface area is 192 Å². The number of sulfonamides is 1. The van der Waals surface area contributed by atoms with E-state index in [1.165, 1.54) is 10.4 Å². The van der Waals surface area contributed by atoms with Crippen molar-refractivity contribution in [3.63, 3.8) is 0 Å². The van der Waals surface area contributed by atoms with Crippen molar-refractivity contribution in [2.45, 2.75) is 24.7 Å². The normalized spacial score (nSPS) is 17.1. The van der Waals surface area contributed by atoms with Crippen LogP contribution >= 0.6 is 11.6 Å². The summed E-state index contributed by atoms with van der Waals surface area (Å²) < 4.78 is 44.3. The van der Waals surface area contributed by atoms with Gasteiger partial charge in [-0.25, -0.2) is 8.42 Å². The molecule has 4 rings (SSSR count). The van der Waals surface area contributed by atoms with Gasteiger partial charge in [-0.15, -0.1) is 0 Å². The molecule has 172 valence electrons. The largest absolute Gasteiger partial charge is 0.492 e. The summed E-state index contributed by atoms with van der Waals surface area (Å²) in [5.41, 5.74) is 0.620. The molecule has 10 heteroatoms. The van der Waals surface area contributed by atoms with E-state index in [1.54, 1.807) is 37.3 Å². The second-order valence-electron chi connectivity index (χ2n) is 7.55. The van der Waals surface area contributed by atoms with Gasteiger partial charge in [0.2, 0.25) is 15.9 Å². The van der Waals surface area contributed by atoms with Crippen molar-refractivity contribution in [3.8, 4) is 17.2 Å². The number of carbonyl (C=O) groups excluding carboxylic acids is 1. The zero-order valence-corrected chi connectivity index (χ0v) is 19.2. The lowest BCUT2D eigenvalue weighted by molar-refractivity contribution is -0.120. The van der Waals surface area contributed by atoms with Gasteiger partial charge >= 0.3 is 0 Å². The van der Waals surface area contributed by atoms with Gasteiger partial charge in [-0.2, -0.15) is 4.31 Å². The minimum Gasteiger partial charge on any atom is -0.492 e. The van der Waals surface area contributed by atoms with Crippen molar-refractivity contribution in [2.75, 3.05) is 38.2 Å². The molecule has 2 aliphatic heterocycles. The first-order valence-electron chi connectivity index (χ1n) is 10.5. The molecule has 2 aromatic rings. The molecule has 0 atom stereocenters. The zero-order chi connectivity index (χ0) is 22.7. The van der Waals surface area contributed by atoms with Crippen LogP contribution in [0.3, 0.4) is 0 Å². The number of benzene rings is 2. The molecule has 0 spiro atoms. The predicted octanol–water partition coefficient (Wildman–Crippen LogP) is 3.55. The number of piperidine rings is 1. The number of nitrogens with zero attached hydrogens (tertiary/aromatic N) is 1. The van der Waals surface area contributed by atoms with Crippen molar-refractivity contribution in [3.05, 3.63) is 41.4 Å². The first-order valence-corrected chi connectivity index (χ1v) is 12.3. The minimum atomic E-state index is -3.79. The molecule has 1 N–H and O–H groups in total. The monoisotopic (exact) mass is 480 g/mol. The second kappa shape index (κ2) is 9.56. The van der Waals surface area contributed by atoms with Crippen LogP contribution in [0, 0.1) is 5.92 Å². The summed E-state index contributed by atoms with van der Waals surface area (Å²) in [7, 11) is -3.79. The molecule has 2 aliphatic rings. The molecule has 0 unspecified atom stereocenters. The Morgan fingerprint density at radius 2 is 1.84 bits per heavy atom. The number of nitrogens with one attached hydrogen (secondary N) is 1. The summed E-state index contributed by atoms with van der Waals surface area (Å²) >= 11 is 6.04. The fourth-order valence-electron chi connectivity index (χ4n) is 3.82. The fraction of sp³-hybridized carbons (Fsp3) is 0.409. The standard InChI is InChI=1S/C22H25ClN2O6S/c1-2-29-19-5-3-16(23)13-21(19)32(27,28)25-9-7-15(8-10-25)22(26)24-17-4-6-18-20(14-17)31-12-11-30-18/h3-6,13-15H,2,7-12H2,1H3,(H,24,26). The van der Waals surface area contributed by atoms with Crippen LogP contribution < -0.4 is 19.5 Å². The van der Waals surface area contributed by atoms with Crippen LogP contribution in [0.15, 0.2) is 41.3 Å². The van der Waals surface area contributed by atoms with E-state index in [0.717, 1.165) is 0 Å². The lowest BCUT2D eigenvalue weighted by Crippen LogP contribution is -2.41. The van der Waals surface area contributed by atoms with Crippen LogP contribution in [0.5, 0.6) is 17.2 Å². The van der Waals surface area contributed by atoms with E-state index in [-0.39, 0.29) is 35.6 Å². The smallest absolute Gasteiger partial charge is 0.246 e. The number of hydrogen-bond acceptors (Lipinski definition) is 6. The summed E-state index contributed by atoms with van der Waals surface area (Å²) in [4.78, 5) is 12.8. The molecule has 8 nitrogen and oxygen atoms in total. The molecule has 1 amide bonds. The van der Waals surface area contributed by atoms with Gasteiger partial charge in [-0.3, -0.25) is 4.79 Å². The SMILES string of the molecule is CCOc1ccc(Cl)cc1S(=O)(=O)N1CCC(C(=O)Nc2ccc3c(c2)OCCO3)CC1. The minimum absolute atomic E-state index is 0.0472. The van der Waals surface area contributed by atoms with E-state index in [2.05, 4.69) is 5.32 Å². The second-order valence-corrected chi connectivity index (χ2v) is 9.89. The highest BCUT2D eigenvalue weighted by Crippen LogP contribution is 2.34. The molecule has 2 aromatic carbocycles. The van der Waals surface area contributed by atoms with Crippen LogP contribution in [-0.2, 0) is 14.8 Å². The van der Waals surface area contributed by atoms with E-state index >= 15 is 0 Å². The lowest BCUT2D eigenvalue weighted by Gasteiger charge is -2.31. The van der Waals surface area contributed by atoms with Gasteiger partial charge in [0.15, 0.2) is 11.5 Å². The molecular weight excluding hydrogens is 456 g/mol. The first kappa shape index (κ1) is 22.7. The maximum atomic E-state index is 13.2. The van der Waals surface area contributed by atoms with Gasteiger partial charge in [0, 0.05) is 35.8 Å². The fourth-order valence-corrected chi connectivity index (χ4v) is 5.68. The summed E-state index contributed by atoms with van der Waals surface area (Å²) in [5.74, 6) is 1.09. The molecule has 0 bridgehead atoms. The highest BCUT2D eigenvalue weighted by Gasteiger charge is 2.34. The molecular formula is C22H25ClN2O6S. The van der Waals surface area contributed by atoms with Gasteiger partial charge in [-0.1, -0.05) is 11.6 Å². The Bertz CT molecular complexity index is 1100. The summed E-state index contributed by atoms with van der Waals surface area (Å²) in [6, 6.07) is 9.83. The molecule has 32 heavy (non-hydrogen) atoms. The van der Waals surface area contributed by atoms with Crippen molar-refractivity contribution in [2.24, 2.45) is 5.92 Å². The Kier molecular flexibility index (Phi) is 6.78. The highest BCUT2D eigenvalue weighted by molar-refractivity contribution is 7.89. The quantitative estimate of drug-likeness (QED) is 0.679. The van der Waals surface area contributed by atoms with Crippen molar-refractivity contribution >= 4 is 33.2 Å². The van der Waals surface area contributed by atoms with Crippen LogP contribution in [0.1, 0.15) is 19.8 Å². The van der Waals surface area contributed by atoms with E-state index in [9.17, 15) is 13.2 Å². The van der Waals surface area contributed by atoms with Crippen LogP contribution in [0.4, 0.5) is 5.69 Å². The highest BCUT2D eigenvalue weighted by atomic mass is 35.5. The topological polar surface area (TPSA) is 94.2 Å². The average molecular weight is 481 g/mol. The molecule has 1 fully saturated rings. The number of fused-ring (bicyclic) bond motifs is 1. The Balaban J connectivity index is 1.40. The van der Waals surface area contributed by atoms with Gasteiger partial charge in [0.25, 0.3) is 0 Å². The van der Waals surface area contributed by atoms with Crippen molar-refractivity contribution in [1.82, 2.24) is 4.31 Å². The third-order valence-corrected chi connectivity index (χ3v) is 7.61. The molecule has 0 aliphatic carbocycles. The average Bonchev–Trinajstić information content (AvgIpc) is 2.80. The van der Waals surface area contributed by atoms with E-state index in [1.807, 2.05) is 0 Å². The number of anilines is 1. The van der Waals surface area contributed by atoms with Gasteiger partial charge < -0.3 is 19.5 Å². The summed E-state index contributed by atoms with van der Waals surface area (Å²) in [5, 5.41) is 3.22. The lowest BCUT2D eigenvalue weighted by atomic mass is 9.97.